The fourth-order valence-electron chi connectivity index (χ4n) is 1.93. The van der Waals surface area contributed by atoms with E-state index < -0.39 is 48.0 Å². The number of rotatable bonds is 16. The molecule has 212 valence electrons. The van der Waals surface area contributed by atoms with Crippen molar-refractivity contribution >= 4 is 60.2 Å². The van der Waals surface area contributed by atoms with Crippen molar-refractivity contribution in [3.8, 4) is 0 Å². The van der Waals surface area contributed by atoms with Crippen molar-refractivity contribution in [3.63, 3.8) is 0 Å². The minimum Gasteiger partial charge on any atom is -0.469 e. The number of hydrogen-bond acceptors (Lipinski definition) is 16. The third kappa shape index (κ3) is 15.2. The molecule has 0 saturated carbocycles. The van der Waals surface area contributed by atoms with Gasteiger partial charge in [-0.15, -0.1) is 0 Å². The van der Waals surface area contributed by atoms with Gasteiger partial charge in [-0.2, -0.15) is 0 Å². The van der Waals surface area contributed by atoms with Crippen LogP contribution in [-0.2, 0) is 65.4 Å². The van der Waals surface area contributed by atoms with E-state index in [1.54, 1.807) is 13.8 Å². The van der Waals surface area contributed by atoms with E-state index in [1.165, 1.54) is 42.7 Å². The van der Waals surface area contributed by atoms with Gasteiger partial charge in [-0.1, -0.05) is 0 Å². The lowest BCUT2D eigenvalue weighted by atomic mass is 10.3. The van der Waals surface area contributed by atoms with Crippen LogP contribution in [0.25, 0.3) is 0 Å². The molecule has 0 bridgehead atoms. The van der Waals surface area contributed by atoms with Crippen LogP contribution in [0.2, 0.25) is 0 Å². The first kappa shape index (κ1) is 37.0. The van der Waals surface area contributed by atoms with Crippen LogP contribution in [0.4, 0.5) is 0 Å². The molecule has 0 aliphatic carbocycles. The normalized spacial score (nSPS) is 12.9. The van der Waals surface area contributed by atoms with Crippen molar-refractivity contribution in [1.82, 2.24) is 0 Å². The topological polar surface area (TPSA) is 176 Å². The molecule has 0 aliphatic rings. The van der Waals surface area contributed by atoms with E-state index in [1.807, 2.05) is 0 Å². The lowest BCUT2D eigenvalue weighted by Crippen LogP contribution is -2.24. The first-order valence-corrected chi connectivity index (χ1v) is 16.2. The monoisotopic (exact) mass is 600 g/mol. The van der Waals surface area contributed by atoms with E-state index in [9.17, 15) is 28.3 Å². The molecule has 0 aromatic rings. The molecule has 0 heterocycles. The van der Waals surface area contributed by atoms with Gasteiger partial charge in [-0.3, -0.25) is 19.2 Å². The summed E-state index contributed by atoms with van der Waals surface area (Å²) in [5, 5.41) is -2.00. The Balaban J connectivity index is 0. The maximum Gasteiger partial charge on any atom is 0.389 e. The van der Waals surface area contributed by atoms with Crippen LogP contribution in [0.15, 0.2) is 0 Å². The zero-order valence-corrected chi connectivity index (χ0v) is 24.8. The molecule has 14 nitrogen and oxygen atoms in total. The van der Waals surface area contributed by atoms with Gasteiger partial charge in [0.1, 0.15) is 10.5 Å². The van der Waals surface area contributed by atoms with Gasteiger partial charge >= 0.3 is 37.5 Å². The Morgan fingerprint density at radius 3 is 1.33 bits per heavy atom. The Kier molecular flexibility index (Phi) is 20.5. The van der Waals surface area contributed by atoms with Crippen molar-refractivity contribution in [1.29, 1.82) is 0 Å². The van der Waals surface area contributed by atoms with Gasteiger partial charge in [-0.05, 0) is 36.6 Å². The highest BCUT2D eigenvalue weighted by Gasteiger charge is 2.36. The van der Waals surface area contributed by atoms with E-state index in [0.717, 1.165) is 0 Å². The standard InChI is InChI=1S/2C9H17O7PS/c1-5-16-8(10)6-7(9(11)13-2)18-17(12,14-3)15-4;1-5-16-9(11)7(6-8(10)13-2)18-17(12,14-3)15-4/h2*7H,5-6H2,1-4H3. The number of carbonyl (C=O) groups excluding carboxylic acids is 4. The highest BCUT2D eigenvalue weighted by atomic mass is 32.7. The molecule has 0 spiro atoms. The summed E-state index contributed by atoms with van der Waals surface area (Å²) in [5.41, 5.74) is 0. The van der Waals surface area contributed by atoms with E-state index >= 15 is 0 Å². The zero-order chi connectivity index (χ0) is 28.4. The van der Waals surface area contributed by atoms with E-state index in [0.29, 0.717) is 22.8 Å². The van der Waals surface area contributed by atoms with Gasteiger partial charge in [-0.25, -0.2) is 9.13 Å². The lowest BCUT2D eigenvalue weighted by Gasteiger charge is -2.18. The molecule has 0 saturated heterocycles. The Morgan fingerprint density at radius 1 is 0.611 bits per heavy atom. The van der Waals surface area contributed by atoms with Crippen LogP contribution in [0.3, 0.4) is 0 Å². The van der Waals surface area contributed by atoms with E-state index in [4.69, 9.17) is 27.6 Å². The van der Waals surface area contributed by atoms with Gasteiger partial charge in [0, 0.05) is 28.4 Å². The molecule has 0 aromatic carbocycles. The molecule has 2 atom stereocenters. The second-order valence-corrected chi connectivity index (χ2v) is 14.6. The molecule has 0 N–H and O–H groups in total. The van der Waals surface area contributed by atoms with Gasteiger partial charge < -0.3 is 37.0 Å². The Morgan fingerprint density at radius 2 is 1.00 bits per heavy atom. The van der Waals surface area contributed by atoms with Crippen molar-refractivity contribution in [2.45, 2.75) is 37.2 Å². The summed E-state index contributed by atoms with van der Waals surface area (Å²) in [7, 11) is 7.13. The minimum absolute atomic E-state index is 0.154. The number of carbonyl (C=O) groups is 4. The van der Waals surface area contributed by atoms with E-state index in [-0.39, 0.29) is 26.1 Å². The van der Waals surface area contributed by atoms with Crippen LogP contribution in [0.5, 0.6) is 0 Å². The fourth-order valence-corrected chi connectivity index (χ4v) is 7.82. The summed E-state index contributed by atoms with van der Waals surface area (Å²) >= 11 is 1.23. The molecule has 0 aliphatic heterocycles. The van der Waals surface area contributed by atoms with Crippen LogP contribution < -0.4 is 0 Å². The summed E-state index contributed by atoms with van der Waals surface area (Å²) in [4.78, 5) is 45.6. The summed E-state index contributed by atoms with van der Waals surface area (Å²) < 4.78 is 61.0. The van der Waals surface area contributed by atoms with Crippen LogP contribution >= 0.6 is 36.4 Å². The smallest absolute Gasteiger partial charge is 0.389 e. The molecular formula is C18H34O14P2S2. The molecule has 0 fully saturated rings. The average molecular weight is 601 g/mol. The molecule has 2 unspecified atom stereocenters. The van der Waals surface area contributed by atoms with E-state index in [2.05, 4.69) is 9.47 Å². The van der Waals surface area contributed by atoms with Crippen molar-refractivity contribution < 1.29 is 65.4 Å². The predicted molar refractivity (Wildman–Crippen MR) is 133 cm³/mol. The Bertz CT molecular complexity index is 778. The first-order valence-electron chi connectivity index (χ1n) is 10.1. The largest absolute Gasteiger partial charge is 0.469 e. The fraction of sp³-hybridized carbons (Fsp3) is 0.778. The quantitative estimate of drug-likeness (QED) is 0.143. The molecule has 0 aromatic heterocycles. The zero-order valence-electron chi connectivity index (χ0n) is 21.4. The second kappa shape index (κ2) is 19.9. The Labute approximate surface area is 218 Å². The third-order valence-electron chi connectivity index (χ3n) is 3.66. The molecule has 36 heavy (non-hydrogen) atoms. The molecule has 0 amide bonds. The summed E-state index contributed by atoms with van der Waals surface area (Å²) in [6.45, 7) is -3.32. The van der Waals surface area contributed by atoms with Gasteiger partial charge in [0.2, 0.25) is 0 Å². The van der Waals surface area contributed by atoms with Crippen LogP contribution in [0.1, 0.15) is 26.7 Å². The lowest BCUT2D eigenvalue weighted by molar-refractivity contribution is -0.148. The molecular weight excluding hydrogens is 566 g/mol. The maximum absolute atomic E-state index is 11.9. The SMILES string of the molecule is CCOC(=O)C(CC(=O)OC)SP(=O)(OC)OC.CCOC(=O)CC(SP(=O)(OC)OC)C(=O)OC. The van der Waals surface area contributed by atoms with Crippen molar-refractivity contribution in [2.75, 3.05) is 55.9 Å². The van der Waals surface area contributed by atoms with Crippen LogP contribution in [0, 0.1) is 0 Å². The Hall–Kier alpha value is -1.12. The third-order valence-corrected chi connectivity index (χ3v) is 12.1. The number of ether oxygens (including phenoxy) is 4. The summed E-state index contributed by atoms with van der Waals surface area (Å²) in [6, 6.07) is 0. The highest BCUT2D eigenvalue weighted by molar-refractivity contribution is 8.56. The summed E-state index contributed by atoms with van der Waals surface area (Å²) in [5.74, 6) is -2.55. The van der Waals surface area contributed by atoms with Gasteiger partial charge in [0.15, 0.2) is 0 Å². The van der Waals surface area contributed by atoms with Crippen LogP contribution in [-0.4, -0.2) is 90.2 Å². The maximum atomic E-state index is 11.9. The number of esters is 4. The summed E-state index contributed by atoms with van der Waals surface area (Å²) in [6.07, 6.45) is -0.529. The first-order chi connectivity index (χ1) is 16.8. The second-order valence-electron chi connectivity index (χ2n) is 5.88. The van der Waals surface area contributed by atoms with Gasteiger partial charge in [0.05, 0.1) is 40.3 Å². The predicted octanol–water partition coefficient (Wildman–Crippen LogP) is 3.23. The molecule has 0 rings (SSSR count). The molecule has 18 heteroatoms. The van der Waals surface area contributed by atoms with Crippen molar-refractivity contribution in [2.24, 2.45) is 0 Å². The van der Waals surface area contributed by atoms with Gasteiger partial charge in [0.25, 0.3) is 0 Å². The average Bonchev–Trinajstić information content (AvgIpc) is 2.87. The van der Waals surface area contributed by atoms with Crippen molar-refractivity contribution in [3.05, 3.63) is 0 Å². The number of methoxy groups -OCH3 is 2. The number of hydrogen-bond donors (Lipinski definition) is 0. The minimum atomic E-state index is -3.47. The highest BCUT2D eigenvalue weighted by Crippen LogP contribution is 2.62. The molecule has 0 radical (unpaired) electrons.